The first-order valence-electron chi connectivity index (χ1n) is 7.86. The van der Waals surface area contributed by atoms with Crippen molar-refractivity contribution in [3.8, 4) is 10.6 Å². The van der Waals surface area contributed by atoms with Crippen LogP contribution in [0.3, 0.4) is 0 Å². The minimum Gasteiger partial charge on any atom is -0.459 e. The number of thiazole rings is 1. The van der Waals surface area contributed by atoms with Crippen LogP contribution in [0.2, 0.25) is 0 Å². The van der Waals surface area contributed by atoms with Gasteiger partial charge >= 0.3 is 5.97 Å². The first-order valence-corrected chi connectivity index (χ1v) is 8.74. The van der Waals surface area contributed by atoms with E-state index in [1.165, 1.54) is 0 Å². The Morgan fingerprint density at radius 1 is 1.46 bits per heavy atom. The zero-order chi connectivity index (χ0) is 17.3. The fourth-order valence-corrected chi connectivity index (χ4v) is 3.63. The Bertz CT molecular complexity index is 782. The molecule has 0 radical (unpaired) electrons. The van der Waals surface area contributed by atoms with Crippen LogP contribution in [0, 0.1) is 12.8 Å². The van der Waals surface area contributed by atoms with Crippen molar-refractivity contribution in [2.75, 3.05) is 0 Å². The van der Waals surface area contributed by atoms with E-state index in [0.29, 0.717) is 6.54 Å². The second-order valence-electron chi connectivity index (χ2n) is 6.55. The molecule has 2 aromatic rings. The van der Waals surface area contributed by atoms with E-state index in [2.05, 4.69) is 10.3 Å². The molecule has 0 bridgehead atoms. The topological polar surface area (TPSA) is 68.3 Å². The van der Waals surface area contributed by atoms with Gasteiger partial charge in [-0.05, 0) is 32.4 Å². The van der Waals surface area contributed by atoms with E-state index in [1.807, 2.05) is 36.6 Å². The normalized spacial score (nSPS) is 19.1. The highest BCUT2D eigenvalue weighted by molar-refractivity contribution is 7.13. The molecule has 1 amide bonds. The van der Waals surface area contributed by atoms with Gasteiger partial charge in [-0.15, -0.1) is 11.3 Å². The molecule has 6 heteroatoms. The number of ether oxygens (including phenoxy) is 1. The lowest BCUT2D eigenvalue weighted by molar-refractivity contribution is -0.147. The molecule has 1 atom stereocenters. The summed E-state index contributed by atoms with van der Waals surface area (Å²) in [4.78, 5) is 28.3. The maximum atomic E-state index is 12.4. The van der Waals surface area contributed by atoms with E-state index in [0.717, 1.165) is 21.8 Å². The lowest BCUT2D eigenvalue weighted by Crippen LogP contribution is -2.40. The number of nitrogens with zero attached hydrogens (tertiary/aromatic N) is 1. The number of amides is 1. The molecule has 0 unspecified atom stereocenters. The number of carbonyl (C=O) groups excluding carboxylic acids is 2. The molecule has 1 N–H and O–H groups in total. The number of rotatable bonds is 4. The summed E-state index contributed by atoms with van der Waals surface area (Å²) in [7, 11) is 0. The van der Waals surface area contributed by atoms with E-state index >= 15 is 0 Å². The summed E-state index contributed by atoms with van der Waals surface area (Å²) in [6.45, 7) is 5.93. The Morgan fingerprint density at radius 3 is 2.88 bits per heavy atom. The molecule has 1 aromatic heterocycles. The number of nitrogens with one attached hydrogen (secondary N) is 1. The van der Waals surface area contributed by atoms with Crippen LogP contribution in [0.25, 0.3) is 10.6 Å². The van der Waals surface area contributed by atoms with E-state index in [4.69, 9.17) is 4.74 Å². The standard InChI is InChI=1S/C18H20N2O3S/c1-11-10-24-17(20-11)13-6-4-5-12(7-13)9-19-16(22)14-8-15(21)23-18(14,2)3/h4-7,10,14H,8-9H2,1-3H3,(H,19,22)/t14-/m1/s1. The van der Waals surface area contributed by atoms with Crippen LogP contribution in [-0.4, -0.2) is 22.5 Å². The predicted octanol–water partition coefficient (Wildman–Crippen LogP) is 3.08. The van der Waals surface area contributed by atoms with E-state index in [1.54, 1.807) is 25.2 Å². The third-order valence-corrected chi connectivity index (χ3v) is 5.17. The molecule has 2 heterocycles. The van der Waals surface area contributed by atoms with Crippen molar-refractivity contribution in [2.45, 2.75) is 39.3 Å². The van der Waals surface area contributed by atoms with Gasteiger partial charge in [0.25, 0.3) is 0 Å². The summed E-state index contributed by atoms with van der Waals surface area (Å²) in [5.74, 6) is -0.919. The molecule has 1 saturated heterocycles. The zero-order valence-electron chi connectivity index (χ0n) is 14.0. The van der Waals surface area contributed by atoms with Crippen molar-refractivity contribution in [2.24, 2.45) is 5.92 Å². The first-order chi connectivity index (χ1) is 11.3. The second kappa shape index (κ2) is 6.36. The number of aromatic nitrogens is 1. The molecule has 1 aliphatic heterocycles. The molecule has 24 heavy (non-hydrogen) atoms. The maximum Gasteiger partial charge on any atom is 0.307 e. The van der Waals surface area contributed by atoms with Crippen molar-refractivity contribution >= 4 is 23.2 Å². The van der Waals surface area contributed by atoms with Crippen LogP contribution >= 0.6 is 11.3 Å². The van der Waals surface area contributed by atoms with Crippen molar-refractivity contribution in [3.05, 3.63) is 40.9 Å². The average molecular weight is 344 g/mol. The highest BCUT2D eigenvalue weighted by atomic mass is 32.1. The molecule has 0 spiro atoms. The molecule has 126 valence electrons. The number of hydrogen-bond acceptors (Lipinski definition) is 5. The molecule has 1 aliphatic rings. The van der Waals surface area contributed by atoms with Crippen LogP contribution < -0.4 is 5.32 Å². The van der Waals surface area contributed by atoms with Crippen LogP contribution in [0.5, 0.6) is 0 Å². The van der Waals surface area contributed by atoms with Gasteiger partial charge in [0.15, 0.2) is 0 Å². The third kappa shape index (κ3) is 3.48. The van der Waals surface area contributed by atoms with Crippen molar-refractivity contribution in [3.63, 3.8) is 0 Å². The lowest BCUT2D eigenvalue weighted by atomic mass is 9.90. The minimum atomic E-state index is -0.749. The van der Waals surface area contributed by atoms with Gasteiger partial charge in [0.2, 0.25) is 5.91 Å². The zero-order valence-corrected chi connectivity index (χ0v) is 14.8. The van der Waals surface area contributed by atoms with Crippen LogP contribution in [0.1, 0.15) is 31.5 Å². The predicted molar refractivity (Wildman–Crippen MR) is 92.4 cm³/mol. The van der Waals surface area contributed by atoms with Crippen LogP contribution in [-0.2, 0) is 20.9 Å². The van der Waals surface area contributed by atoms with E-state index in [9.17, 15) is 9.59 Å². The first kappa shape index (κ1) is 16.6. The van der Waals surface area contributed by atoms with Gasteiger partial charge in [0.05, 0.1) is 12.3 Å². The Balaban J connectivity index is 1.67. The van der Waals surface area contributed by atoms with Gasteiger partial charge in [-0.2, -0.15) is 0 Å². The third-order valence-electron chi connectivity index (χ3n) is 4.16. The van der Waals surface area contributed by atoms with Gasteiger partial charge in [-0.25, -0.2) is 4.98 Å². The molecule has 5 nitrogen and oxygen atoms in total. The maximum absolute atomic E-state index is 12.4. The van der Waals surface area contributed by atoms with Gasteiger partial charge in [0, 0.05) is 23.2 Å². The Hall–Kier alpha value is -2.21. The highest BCUT2D eigenvalue weighted by Crippen LogP contribution is 2.32. The summed E-state index contributed by atoms with van der Waals surface area (Å²) >= 11 is 1.60. The number of benzene rings is 1. The number of esters is 1. The monoisotopic (exact) mass is 344 g/mol. The summed E-state index contributed by atoms with van der Waals surface area (Å²) in [5, 5.41) is 5.90. The van der Waals surface area contributed by atoms with Gasteiger partial charge in [0.1, 0.15) is 10.6 Å². The minimum absolute atomic E-state index is 0.136. The smallest absolute Gasteiger partial charge is 0.307 e. The molecule has 0 saturated carbocycles. The van der Waals surface area contributed by atoms with Crippen LogP contribution in [0.15, 0.2) is 29.6 Å². The fourth-order valence-electron chi connectivity index (χ4n) is 2.84. The Kier molecular flexibility index (Phi) is 4.41. The van der Waals surface area contributed by atoms with Gasteiger partial charge in [-0.1, -0.05) is 18.2 Å². The summed E-state index contributed by atoms with van der Waals surface area (Å²) in [6, 6.07) is 7.96. The van der Waals surface area contributed by atoms with E-state index in [-0.39, 0.29) is 18.3 Å². The highest BCUT2D eigenvalue weighted by Gasteiger charge is 2.45. The quantitative estimate of drug-likeness (QED) is 0.866. The fraction of sp³-hybridized carbons (Fsp3) is 0.389. The van der Waals surface area contributed by atoms with Crippen molar-refractivity contribution in [1.29, 1.82) is 0 Å². The number of aryl methyl sites for hydroxylation is 1. The number of cyclic esters (lactones) is 1. The number of carbonyl (C=O) groups is 2. The molecular weight excluding hydrogens is 324 g/mol. The van der Waals surface area contributed by atoms with E-state index < -0.39 is 11.5 Å². The summed E-state index contributed by atoms with van der Waals surface area (Å²) < 4.78 is 5.21. The van der Waals surface area contributed by atoms with Gasteiger partial charge < -0.3 is 10.1 Å². The largest absolute Gasteiger partial charge is 0.459 e. The number of hydrogen-bond donors (Lipinski definition) is 1. The molecule has 3 rings (SSSR count). The van der Waals surface area contributed by atoms with Crippen LogP contribution in [0.4, 0.5) is 0 Å². The Labute approximate surface area is 145 Å². The average Bonchev–Trinajstić information content (AvgIpc) is 3.07. The molecule has 1 aromatic carbocycles. The van der Waals surface area contributed by atoms with Crippen molar-refractivity contribution in [1.82, 2.24) is 10.3 Å². The van der Waals surface area contributed by atoms with Crippen molar-refractivity contribution < 1.29 is 14.3 Å². The lowest BCUT2D eigenvalue weighted by Gasteiger charge is -2.23. The van der Waals surface area contributed by atoms with Gasteiger partial charge in [-0.3, -0.25) is 9.59 Å². The summed E-state index contributed by atoms with van der Waals surface area (Å²) in [6.07, 6.45) is 0.136. The second-order valence-corrected chi connectivity index (χ2v) is 7.40. The SMILES string of the molecule is Cc1csc(-c2cccc(CNC(=O)[C@H]3CC(=O)OC3(C)C)c2)n1. The molecule has 1 fully saturated rings. The Morgan fingerprint density at radius 2 is 2.25 bits per heavy atom. The molecule has 0 aliphatic carbocycles. The summed E-state index contributed by atoms with van der Waals surface area (Å²) in [5.41, 5.74) is 2.29. The molecular formula is C18H20N2O3S.